The van der Waals surface area contributed by atoms with Crippen LogP contribution in [0, 0.1) is 5.92 Å². The fraction of sp³-hybridized carbons (Fsp3) is 0.727. The van der Waals surface area contributed by atoms with Crippen LogP contribution in [0.5, 0.6) is 0 Å². The van der Waals surface area contributed by atoms with Gasteiger partial charge < -0.3 is 5.32 Å². The van der Waals surface area contributed by atoms with Gasteiger partial charge in [-0.1, -0.05) is 19.4 Å². The van der Waals surface area contributed by atoms with Gasteiger partial charge in [-0.15, -0.1) is 0 Å². The van der Waals surface area contributed by atoms with Crippen LogP contribution in [0.2, 0.25) is 0 Å². The standard InChI is InChI=1S/C11H19NO/c1-3-6-12-11(13)8-10-5-4-9(2)7-10/h8-9H,3-7H2,1-2H3,(H,12,13)/b10-8-. The second kappa shape index (κ2) is 5.05. The monoisotopic (exact) mass is 181 g/mol. The molecule has 1 atom stereocenters. The highest BCUT2D eigenvalue weighted by Gasteiger charge is 2.15. The summed E-state index contributed by atoms with van der Waals surface area (Å²) in [5.41, 5.74) is 1.32. The SMILES string of the molecule is CCCNC(=O)/C=C1/CCC(C)C1. The van der Waals surface area contributed by atoms with Gasteiger partial charge in [0, 0.05) is 12.6 Å². The molecule has 2 nitrogen and oxygen atoms in total. The molecule has 1 amide bonds. The van der Waals surface area contributed by atoms with Gasteiger partial charge in [0.1, 0.15) is 0 Å². The number of nitrogens with one attached hydrogen (secondary N) is 1. The van der Waals surface area contributed by atoms with E-state index in [0.717, 1.165) is 31.7 Å². The smallest absolute Gasteiger partial charge is 0.243 e. The Hall–Kier alpha value is -0.790. The summed E-state index contributed by atoms with van der Waals surface area (Å²) < 4.78 is 0. The molecule has 0 aromatic rings. The lowest BCUT2D eigenvalue weighted by molar-refractivity contribution is -0.116. The van der Waals surface area contributed by atoms with Crippen LogP contribution in [0.25, 0.3) is 0 Å². The fourth-order valence-corrected chi connectivity index (χ4v) is 1.70. The van der Waals surface area contributed by atoms with Gasteiger partial charge in [0.2, 0.25) is 5.91 Å². The van der Waals surface area contributed by atoms with Gasteiger partial charge in [0.25, 0.3) is 0 Å². The number of carbonyl (C=O) groups excluding carboxylic acids is 1. The van der Waals surface area contributed by atoms with Crippen molar-refractivity contribution in [3.8, 4) is 0 Å². The topological polar surface area (TPSA) is 29.1 Å². The lowest BCUT2D eigenvalue weighted by Gasteiger charge is -2.00. The molecule has 0 radical (unpaired) electrons. The quantitative estimate of drug-likeness (QED) is 0.665. The van der Waals surface area contributed by atoms with E-state index in [1.807, 2.05) is 0 Å². The third-order valence-corrected chi connectivity index (χ3v) is 2.45. The number of carbonyl (C=O) groups is 1. The molecule has 1 rings (SSSR count). The highest BCUT2D eigenvalue weighted by molar-refractivity contribution is 5.88. The second-order valence-corrected chi connectivity index (χ2v) is 3.94. The van der Waals surface area contributed by atoms with Gasteiger partial charge in [-0.25, -0.2) is 0 Å². The third kappa shape index (κ3) is 3.62. The van der Waals surface area contributed by atoms with E-state index in [1.54, 1.807) is 6.08 Å². The van der Waals surface area contributed by atoms with Crippen molar-refractivity contribution < 1.29 is 4.79 Å². The average molecular weight is 181 g/mol. The minimum atomic E-state index is 0.0888. The second-order valence-electron chi connectivity index (χ2n) is 3.94. The molecule has 1 saturated carbocycles. The van der Waals surface area contributed by atoms with Crippen molar-refractivity contribution in [3.05, 3.63) is 11.6 Å². The molecular weight excluding hydrogens is 162 g/mol. The van der Waals surface area contributed by atoms with Gasteiger partial charge >= 0.3 is 0 Å². The molecule has 74 valence electrons. The van der Waals surface area contributed by atoms with Crippen molar-refractivity contribution in [2.24, 2.45) is 5.92 Å². The summed E-state index contributed by atoms with van der Waals surface area (Å²) in [4.78, 5) is 11.3. The Morgan fingerprint density at radius 1 is 1.69 bits per heavy atom. The normalized spacial score (nSPS) is 25.1. The van der Waals surface area contributed by atoms with Crippen molar-refractivity contribution in [2.45, 2.75) is 39.5 Å². The van der Waals surface area contributed by atoms with E-state index in [2.05, 4.69) is 19.2 Å². The highest BCUT2D eigenvalue weighted by atomic mass is 16.1. The number of allylic oxidation sites excluding steroid dienone is 1. The van der Waals surface area contributed by atoms with Crippen molar-refractivity contribution >= 4 is 5.91 Å². The molecular formula is C11H19NO. The molecule has 13 heavy (non-hydrogen) atoms. The van der Waals surface area contributed by atoms with E-state index >= 15 is 0 Å². The molecule has 0 spiro atoms. The maximum absolute atomic E-state index is 11.3. The lowest BCUT2D eigenvalue weighted by Crippen LogP contribution is -2.21. The molecule has 0 aliphatic heterocycles. The Bertz CT molecular complexity index is 208. The molecule has 0 aromatic carbocycles. The lowest BCUT2D eigenvalue weighted by atomic mass is 10.1. The largest absolute Gasteiger partial charge is 0.353 e. The average Bonchev–Trinajstić information content (AvgIpc) is 2.48. The Morgan fingerprint density at radius 2 is 2.46 bits per heavy atom. The maximum atomic E-state index is 11.3. The van der Waals surface area contributed by atoms with Crippen LogP contribution in [-0.4, -0.2) is 12.5 Å². The van der Waals surface area contributed by atoms with E-state index in [0.29, 0.717) is 0 Å². The summed E-state index contributed by atoms with van der Waals surface area (Å²) in [6.07, 6.45) is 6.26. The van der Waals surface area contributed by atoms with E-state index in [4.69, 9.17) is 0 Å². The first-order valence-electron chi connectivity index (χ1n) is 5.19. The predicted molar refractivity (Wildman–Crippen MR) is 54.4 cm³/mol. The van der Waals surface area contributed by atoms with Crippen LogP contribution in [0.1, 0.15) is 39.5 Å². The molecule has 2 heteroatoms. The molecule has 1 N–H and O–H groups in total. The molecule has 0 heterocycles. The van der Waals surface area contributed by atoms with Crippen LogP contribution < -0.4 is 5.32 Å². The van der Waals surface area contributed by atoms with E-state index < -0.39 is 0 Å². The Labute approximate surface area is 80.4 Å². The first kappa shape index (κ1) is 10.3. The number of hydrogen-bond donors (Lipinski definition) is 1. The number of amides is 1. The van der Waals surface area contributed by atoms with Crippen LogP contribution in [0.4, 0.5) is 0 Å². The van der Waals surface area contributed by atoms with Crippen molar-refractivity contribution in [2.75, 3.05) is 6.54 Å². The van der Waals surface area contributed by atoms with Crippen molar-refractivity contribution in [1.82, 2.24) is 5.32 Å². The summed E-state index contributed by atoms with van der Waals surface area (Å²) in [7, 11) is 0. The third-order valence-electron chi connectivity index (χ3n) is 2.45. The van der Waals surface area contributed by atoms with Crippen LogP contribution >= 0.6 is 0 Å². The summed E-state index contributed by atoms with van der Waals surface area (Å²) in [5, 5.41) is 2.86. The maximum Gasteiger partial charge on any atom is 0.243 e. The van der Waals surface area contributed by atoms with E-state index in [-0.39, 0.29) is 5.91 Å². The Morgan fingerprint density at radius 3 is 3.00 bits per heavy atom. The van der Waals surface area contributed by atoms with Gasteiger partial charge in [0.05, 0.1) is 0 Å². The molecule has 1 aliphatic rings. The molecule has 1 aliphatic carbocycles. The van der Waals surface area contributed by atoms with Crippen LogP contribution in [0.15, 0.2) is 11.6 Å². The van der Waals surface area contributed by atoms with Crippen LogP contribution in [-0.2, 0) is 4.79 Å². The van der Waals surface area contributed by atoms with Gasteiger partial charge in [-0.3, -0.25) is 4.79 Å². The zero-order valence-electron chi connectivity index (χ0n) is 8.60. The highest BCUT2D eigenvalue weighted by Crippen LogP contribution is 2.29. The predicted octanol–water partition coefficient (Wildman–Crippen LogP) is 2.26. The summed E-state index contributed by atoms with van der Waals surface area (Å²) in [6, 6.07) is 0. The van der Waals surface area contributed by atoms with Gasteiger partial charge in [0.15, 0.2) is 0 Å². The molecule has 0 aromatic heterocycles. The van der Waals surface area contributed by atoms with E-state index in [9.17, 15) is 4.79 Å². The zero-order valence-corrected chi connectivity index (χ0v) is 8.60. The van der Waals surface area contributed by atoms with Crippen molar-refractivity contribution in [3.63, 3.8) is 0 Å². The van der Waals surface area contributed by atoms with Gasteiger partial charge in [-0.2, -0.15) is 0 Å². The minimum Gasteiger partial charge on any atom is -0.353 e. The minimum absolute atomic E-state index is 0.0888. The molecule has 1 unspecified atom stereocenters. The molecule has 0 bridgehead atoms. The van der Waals surface area contributed by atoms with Crippen LogP contribution in [0.3, 0.4) is 0 Å². The Kier molecular flexibility index (Phi) is 4.00. The van der Waals surface area contributed by atoms with E-state index in [1.165, 1.54) is 12.0 Å². The zero-order chi connectivity index (χ0) is 9.68. The summed E-state index contributed by atoms with van der Waals surface area (Å²) in [5.74, 6) is 0.858. The first-order chi connectivity index (χ1) is 6.22. The Balaban J connectivity index is 2.33. The van der Waals surface area contributed by atoms with Gasteiger partial charge in [-0.05, 0) is 31.6 Å². The number of hydrogen-bond acceptors (Lipinski definition) is 1. The summed E-state index contributed by atoms with van der Waals surface area (Å²) >= 11 is 0. The first-order valence-corrected chi connectivity index (χ1v) is 5.19. The summed E-state index contributed by atoms with van der Waals surface area (Å²) in [6.45, 7) is 5.09. The van der Waals surface area contributed by atoms with Crippen molar-refractivity contribution in [1.29, 1.82) is 0 Å². The number of rotatable bonds is 3. The molecule has 0 saturated heterocycles. The fourth-order valence-electron chi connectivity index (χ4n) is 1.70. The molecule has 1 fully saturated rings.